The molecule has 0 radical (unpaired) electrons. The first kappa shape index (κ1) is 13.9. The first-order valence-electron chi connectivity index (χ1n) is 6.92. The molecule has 0 spiro atoms. The number of benzene rings is 3. The van der Waals surface area contributed by atoms with Gasteiger partial charge >= 0.3 is 0 Å². The van der Waals surface area contributed by atoms with E-state index in [4.69, 9.17) is 0 Å². The Morgan fingerprint density at radius 1 is 0.524 bits per heavy atom. The topological polar surface area (TPSA) is 20.2 Å². The summed E-state index contributed by atoms with van der Waals surface area (Å²) in [6, 6.07) is 30.8. The monoisotopic (exact) mass is 292 g/mol. The summed E-state index contributed by atoms with van der Waals surface area (Å²) in [5.41, 5.74) is 0. The van der Waals surface area contributed by atoms with Gasteiger partial charge in [-0.2, -0.15) is 0 Å². The summed E-state index contributed by atoms with van der Waals surface area (Å²) in [5.74, 6) is 1.41. The number of hydrogen-bond acceptors (Lipinski definition) is 0. The molecule has 1 N–H and O–H groups in total. The van der Waals surface area contributed by atoms with Crippen LogP contribution < -0.4 is 15.9 Å². The second-order valence-electron chi connectivity index (χ2n) is 4.84. The molecule has 0 aliphatic carbocycles. The van der Waals surface area contributed by atoms with Crippen LogP contribution in [0.15, 0.2) is 91.0 Å². The number of aliphatic hydroxyl groups is 1. The van der Waals surface area contributed by atoms with E-state index in [0.717, 1.165) is 15.9 Å². The van der Waals surface area contributed by atoms with Gasteiger partial charge in [0, 0.05) is 5.98 Å². The van der Waals surface area contributed by atoms with Crippen LogP contribution in [-0.2, 0) is 0 Å². The lowest BCUT2D eigenvalue weighted by Crippen LogP contribution is -2.26. The lowest BCUT2D eigenvalue weighted by Gasteiger charge is -2.27. The fourth-order valence-corrected chi connectivity index (χ4v) is 5.86. The highest BCUT2D eigenvalue weighted by atomic mass is 31.2. The van der Waals surface area contributed by atoms with Crippen molar-refractivity contribution in [2.45, 2.75) is 0 Å². The Labute approximate surface area is 125 Å². The van der Waals surface area contributed by atoms with E-state index in [1.54, 1.807) is 0 Å². The van der Waals surface area contributed by atoms with Crippen LogP contribution in [0.25, 0.3) is 0 Å². The van der Waals surface area contributed by atoms with Crippen LogP contribution in [-0.4, -0.2) is 11.1 Å². The van der Waals surface area contributed by atoms with Gasteiger partial charge in [-0.05, 0) is 22.8 Å². The summed E-state index contributed by atoms with van der Waals surface area (Å²) in [6.45, 7) is -2.10. The second-order valence-corrected chi connectivity index (χ2v) is 8.07. The van der Waals surface area contributed by atoms with Crippen LogP contribution in [0.3, 0.4) is 0 Å². The van der Waals surface area contributed by atoms with Gasteiger partial charge in [0.15, 0.2) is 0 Å². The summed E-state index contributed by atoms with van der Waals surface area (Å²) in [6.07, 6.45) is 0. The molecule has 0 atom stereocenters. The van der Waals surface area contributed by atoms with E-state index in [0.29, 0.717) is 0 Å². The third-order valence-corrected chi connectivity index (χ3v) is 7.35. The van der Waals surface area contributed by atoms with Crippen LogP contribution in [0, 0.1) is 0 Å². The van der Waals surface area contributed by atoms with Crippen molar-refractivity contribution in [2.24, 2.45) is 0 Å². The van der Waals surface area contributed by atoms with Crippen molar-refractivity contribution < 1.29 is 5.11 Å². The molecular weight excluding hydrogens is 275 g/mol. The molecule has 0 bridgehead atoms. The molecule has 0 aromatic heterocycles. The molecule has 0 heterocycles. The zero-order valence-corrected chi connectivity index (χ0v) is 12.5. The molecule has 104 valence electrons. The zero-order chi connectivity index (χ0) is 14.5. The second kappa shape index (κ2) is 6.13. The van der Waals surface area contributed by atoms with Crippen LogP contribution in [0.4, 0.5) is 0 Å². The molecule has 3 rings (SSSR count). The quantitative estimate of drug-likeness (QED) is 0.735. The standard InChI is InChI=1S/C19H17OP/c20-16-21(17-10-4-1-5-11-17,18-12-6-2-7-13-18)19-14-8-3-9-15-19/h1-16,20H. The Hall–Kier alpha value is -2.08. The average molecular weight is 292 g/mol. The summed E-state index contributed by atoms with van der Waals surface area (Å²) < 4.78 is 0. The Bertz CT molecular complexity index is 646. The van der Waals surface area contributed by atoms with Crippen molar-refractivity contribution in [1.82, 2.24) is 0 Å². The van der Waals surface area contributed by atoms with Crippen molar-refractivity contribution in [2.75, 3.05) is 0 Å². The lowest BCUT2D eigenvalue weighted by molar-refractivity contribution is 0.592. The Morgan fingerprint density at radius 2 is 0.810 bits per heavy atom. The first-order chi connectivity index (χ1) is 10.4. The fraction of sp³-hybridized carbons (Fsp3) is 0. The normalized spacial score (nSPS) is 11.1. The van der Waals surface area contributed by atoms with E-state index in [1.165, 1.54) is 5.98 Å². The highest BCUT2D eigenvalue weighted by molar-refractivity contribution is 7.94. The molecule has 0 fully saturated rings. The van der Waals surface area contributed by atoms with Gasteiger partial charge in [0.2, 0.25) is 0 Å². The minimum atomic E-state index is -2.10. The zero-order valence-electron chi connectivity index (χ0n) is 11.6. The maximum absolute atomic E-state index is 10.3. The molecule has 0 unspecified atom stereocenters. The molecule has 2 heteroatoms. The summed E-state index contributed by atoms with van der Waals surface area (Å²) >= 11 is 0. The third kappa shape index (κ3) is 2.47. The van der Waals surface area contributed by atoms with Gasteiger partial charge in [0.05, 0.1) is 0 Å². The van der Waals surface area contributed by atoms with Gasteiger partial charge in [-0.15, -0.1) is 0 Å². The van der Waals surface area contributed by atoms with Gasteiger partial charge in [-0.3, -0.25) is 0 Å². The number of rotatable bonds is 3. The largest absolute Gasteiger partial charge is 0.368 e. The Morgan fingerprint density at radius 3 is 1.05 bits per heavy atom. The molecule has 1 nitrogen and oxygen atoms in total. The molecule has 0 saturated heterocycles. The summed E-state index contributed by atoms with van der Waals surface area (Å²) in [4.78, 5) is 0. The van der Waals surface area contributed by atoms with Crippen molar-refractivity contribution in [3.63, 3.8) is 0 Å². The molecular formula is C19H17OP. The Kier molecular flexibility index (Phi) is 4.06. The predicted molar refractivity (Wildman–Crippen MR) is 93.1 cm³/mol. The smallest absolute Gasteiger partial charge is 0.0440 e. The maximum Gasteiger partial charge on any atom is 0.0440 e. The van der Waals surface area contributed by atoms with Gasteiger partial charge in [0.1, 0.15) is 0 Å². The lowest BCUT2D eigenvalue weighted by atomic mass is 10.4. The molecule has 21 heavy (non-hydrogen) atoms. The highest BCUT2D eigenvalue weighted by Gasteiger charge is 2.24. The molecule has 0 aliphatic heterocycles. The minimum absolute atomic E-state index is 1.16. The molecule has 0 aliphatic rings. The van der Waals surface area contributed by atoms with Gasteiger partial charge in [-0.1, -0.05) is 91.0 Å². The van der Waals surface area contributed by atoms with Crippen molar-refractivity contribution >= 4 is 28.8 Å². The molecule has 3 aromatic rings. The van der Waals surface area contributed by atoms with Gasteiger partial charge in [0.25, 0.3) is 0 Å². The van der Waals surface area contributed by atoms with E-state index < -0.39 is 6.89 Å². The van der Waals surface area contributed by atoms with E-state index in [9.17, 15) is 5.11 Å². The summed E-state index contributed by atoms with van der Waals surface area (Å²) in [7, 11) is 0. The SMILES string of the molecule is OC=P(c1ccccc1)(c1ccccc1)c1ccccc1. The average Bonchev–Trinajstić information content (AvgIpc) is 2.59. The van der Waals surface area contributed by atoms with Crippen LogP contribution >= 0.6 is 6.89 Å². The molecule has 0 amide bonds. The van der Waals surface area contributed by atoms with Crippen molar-refractivity contribution in [3.8, 4) is 0 Å². The van der Waals surface area contributed by atoms with E-state index in [-0.39, 0.29) is 0 Å². The van der Waals surface area contributed by atoms with Crippen LogP contribution in [0.2, 0.25) is 0 Å². The summed E-state index contributed by atoms with van der Waals surface area (Å²) in [5, 5.41) is 13.7. The van der Waals surface area contributed by atoms with Crippen molar-refractivity contribution in [1.29, 1.82) is 0 Å². The minimum Gasteiger partial charge on any atom is -0.368 e. The Balaban J connectivity index is 2.35. The van der Waals surface area contributed by atoms with Crippen molar-refractivity contribution in [3.05, 3.63) is 91.0 Å². The van der Waals surface area contributed by atoms with Gasteiger partial charge < -0.3 is 5.11 Å². The first-order valence-corrected chi connectivity index (χ1v) is 8.78. The number of hydrogen-bond donors (Lipinski definition) is 1. The highest BCUT2D eigenvalue weighted by Crippen LogP contribution is 2.42. The predicted octanol–water partition coefficient (Wildman–Crippen LogP) is 3.11. The van der Waals surface area contributed by atoms with Crippen LogP contribution in [0.1, 0.15) is 0 Å². The molecule has 3 aromatic carbocycles. The van der Waals surface area contributed by atoms with Crippen LogP contribution in [0.5, 0.6) is 0 Å². The van der Waals surface area contributed by atoms with E-state index in [1.807, 2.05) is 54.6 Å². The number of aliphatic hydroxyl groups excluding tert-OH is 1. The van der Waals surface area contributed by atoms with E-state index >= 15 is 0 Å². The van der Waals surface area contributed by atoms with E-state index in [2.05, 4.69) is 36.4 Å². The third-order valence-electron chi connectivity index (χ3n) is 3.66. The fourth-order valence-electron chi connectivity index (χ4n) is 2.64. The van der Waals surface area contributed by atoms with Gasteiger partial charge in [-0.25, -0.2) is 0 Å². The maximum atomic E-state index is 10.3. The molecule has 0 saturated carbocycles.